The molecule has 102 valence electrons. The van der Waals surface area contributed by atoms with Gasteiger partial charge in [-0.15, -0.1) is 0 Å². The summed E-state index contributed by atoms with van der Waals surface area (Å²) in [7, 11) is 0. The summed E-state index contributed by atoms with van der Waals surface area (Å²) in [6, 6.07) is 4.18. The molecule has 0 aliphatic carbocycles. The van der Waals surface area contributed by atoms with Gasteiger partial charge in [0.05, 0.1) is 16.8 Å². The largest absolute Gasteiger partial charge is 0.397 e. The summed E-state index contributed by atoms with van der Waals surface area (Å²) in [6.07, 6.45) is 0. The second kappa shape index (κ2) is 4.42. The molecule has 0 aliphatic rings. The summed E-state index contributed by atoms with van der Waals surface area (Å²) in [5.41, 5.74) is 6.34. The molecule has 0 fully saturated rings. The predicted molar refractivity (Wildman–Crippen MR) is 70.8 cm³/mol. The Labute approximate surface area is 116 Å². The number of aromatic nitrogens is 2. The van der Waals surface area contributed by atoms with E-state index in [0.717, 1.165) is 0 Å². The minimum Gasteiger partial charge on any atom is -0.397 e. The number of anilines is 1. The maximum absolute atomic E-state index is 13.7. The van der Waals surface area contributed by atoms with Crippen molar-refractivity contribution in [2.45, 2.75) is 0 Å². The normalized spacial score (nSPS) is 11.2. The van der Waals surface area contributed by atoms with Crippen LogP contribution in [0.4, 0.5) is 18.9 Å². The van der Waals surface area contributed by atoms with Crippen LogP contribution in [0.5, 0.6) is 0 Å². The highest BCUT2D eigenvalue weighted by Crippen LogP contribution is 2.30. The Kier molecular flexibility index (Phi) is 2.83. The summed E-state index contributed by atoms with van der Waals surface area (Å²) < 4.78 is 40.3. The number of nitrogen functional groups attached to an aromatic ring is 1. The van der Waals surface area contributed by atoms with Crippen molar-refractivity contribution in [3.05, 3.63) is 46.7 Å². The van der Waals surface area contributed by atoms with E-state index in [1.165, 1.54) is 12.1 Å². The average molecular weight is 298 g/mol. The molecule has 0 spiro atoms. The lowest BCUT2D eigenvalue weighted by Gasteiger charge is -2.01. The summed E-state index contributed by atoms with van der Waals surface area (Å²) >= 11 is 5.84. The number of hydrogen-bond donors (Lipinski definition) is 2. The first-order chi connectivity index (χ1) is 9.45. The zero-order valence-electron chi connectivity index (χ0n) is 9.85. The van der Waals surface area contributed by atoms with Crippen LogP contribution in [0.1, 0.15) is 0 Å². The van der Waals surface area contributed by atoms with Crippen LogP contribution in [0.15, 0.2) is 24.3 Å². The topological polar surface area (TPSA) is 54.7 Å². The zero-order valence-corrected chi connectivity index (χ0v) is 10.6. The van der Waals surface area contributed by atoms with Crippen molar-refractivity contribution in [2.24, 2.45) is 0 Å². The first kappa shape index (κ1) is 12.8. The van der Waals surface area contributed by atoms with E-state index >= 15 is 0 Å². The van der Waals surface area contributed by atoms with E-state index in [1.807, 2.05) is 0 Å². The fourth-order valence-corrected chi connectivity index (χ4v) is 2.22. The van der Waals surface area contributed by atoms with Gasteiger partial charge in [-0.25, -0.2) is 18.2 Å². The zero-order chi connectivity index (χ0) is 14.4. The highest BCUT2D eigenvalue weighted by atomic mass is 35.5. The van der Waals surface area contributed by atoms with Gasteiger partial charge in [0.15, 0.2) is 0 Å². The molecule has 0 saturated heterocycles. The van der Waals surface area contributed by atoms with Crippen LogP contribution in [0.3, 0.4) is 0 Å². The summed E-state index contributed by atoms with van der Waals surface area (Å²) in [5, 5.41) is 0.366. The van der Waals surface area contributed by atoms with E-state index in [9.17, 15) is 13.2 Å². The van der Waals surface area contributed by atoms with Crippen molar-refractivity contribution in [2.75, 3.05) is 5.73 Å². The molecule has 2 aromatic carbocycles. The summed E-state index contributed by atoms with van der Waals surface area (Å²) in [6.45, 7) is 0. The maximum atomic E-state index is 13.7. The number of aromatic amines is 1. The molecule has 0 saturated carbocycles. The predicted octanol–water partition coefficient (Wildman–Crippen LogP) is 3.88. The van der Waals surface area contributed by atoms with Crippen LogP contribution < -0.4 is 5.73 Å². The SMILES string of the molecule is Nc1cc(Cl)cc2[nH]c(-c3c(F)cc(F)cc3F)nc12. The smallest absolute Gasteiger partial charge is 0.144 e. The Morgan fingerprint density at radius 3 is 2.35 bits per heavy atom. The number of benzene rings is 2. The van der Waals surface area contributed by atoms with Gasteiger partial charge in [-0.1, -0.05) is 11.6 Å². The van der Waals surface area contributed by atoms with E-state index in [1.54, 1.807) is 0 Å². The van der Waals surface area contributed by atoms with Crippen LogP contribution in [0.25, 0.3) is 22.4 Å². The summed E-state index contributed by atoms with van der Waals surface area (Å²) in [5.74, 6) is -3.18. The molecular weight excluding hydrogens is 291 g/mol. The number of nitrogens with zero attached hydrogens (tertiary/aromatic N) is 1. The van der Waals surface area contributed by atoms with Gasteiger partial charge in [-0.2, -0.15) is 0 Å². The summed E-state index contributed by atoms with van der Waals surface area (Å²) in [4.78, 5) is 6.75. The van der Waals surface area contributed by atoms with Crippen molar-refractivity contribution in [1.29, 1.82) is 0 Å². The number of nitrogens with one attached hydrogen (secondary N) is 1. The standard InChI is InChI=1S/C13H7ClF3N3/c14-5-1-9(18)12-10(2-5)19-13(20-12)11-7(16)3-6(15)4-8(11)17/h1-4H,18H2,(H,19,20). The van der Waals surface area contributed by atoms with Gasteiger partial charge >= 0.3 is 0 Å². The van der Waals surface area contributed by atoms with Crippen LogP contribution >= 0.6 is 11.6 Å². The van der Waals surface area contributed by atoms with Crippen LogP contribution in [-0.4, -0.2) is 9.97 Å². The highest BCUT2D eigenvalue weighted by molar-refractivity contribution is 6.31. The maximum Gasteiger partial charge on any atom is 0.144 e. The minimum absolute atomic E-state index is 0.0797. The second-order valence-corrected chi connectivity index (χ2v) is 4.66. The molecule has 3 nitrogen and oxygen atoms in total. The van der Waals surface area contributed by atoms with Gasteiger partial charge < -0.3 is 10.7 Å². The Bertz CT molecular complexity index is 806. The number of hydrogen-bond acceptors (Lipinski definition) is 2. The van der Waals surface area contributed by atoms with Crippen LogP contribution in [0, 0.1) is 17.5 Å². The first-order valence-corrected chi connectivity index (χ1v) is 5.93. The molecule has 0 aliphatic heterocycles. The Morgan fingerprint density at radius 1 is 1.05 bits per heavy atom. The van der Waals surface area contributed by atoms with Gasteiger partial charge in [0, 0.05) is 17.2 Å². The van der Waals surface area contributed by atoms with E-state index in [-0.39, 0.29) is 11.5 Å². The molecule has 0 unspecified atom stereocenters. The molecule has 1 aromatic heterocycles. The Balaban J connectivity index is 2.28. The lowest BCUT2D eigenvalue weighted by atomic mass is 10.2. The number of halogens is 4. The van der Waals surface area contributed by atoms with Gasteiger partial charge in [-0.05, 0) is 12.1 Å². The molecule has 20 heavy (non-hydrogen) atoms. The molecule has 1 heterocycles. The van der Waals surface area contributed by atoms with Gasteiger partial charge in [0.25, 0.3) is 0 Å². The average Bonchev–Trinajstić information content (AvgIpc) is 2.71. The number of imidazole rings is 1. The van der Waals surface area contributed by atoms with Gasteiger partial charge in [0.2, 0.25) is 0 Å². The van der Waals surface area contributed by atoms with E-state index in [4.69, 9.17) is 17.3 Å². The Morgan fingerprint density at radius 2 is 1.70 bits per heavy atom. The van der Waals surface area contributed by atoms with Crippen molar-refractivity contribution >= 4 is 28.3 Å². The molecule has 7 heteroatoms. The lowest BCUT2D eigenvalue weighted by Crippen LogP contribution is -1.94. The monoisotopic (exact) mass is 297 g/mol. The van der Waals surface area contributed by atoms with Gasteiger partial charge in [-0.3, -0.25) is 0 Å². The third kappa shape index (κ3) is 1.98. The molecule has 3 N–H and O–H groups in total. The number of fused-ring (bicyclic) bond motifs is 1. The number of nitrogens with two attached hydrogens (primary N) is 1. The lowest BCUT2D eigenvalue weighted by molar-refractivity contribution is 0.547. The van der Waals surface area contributed by atoms with E-state index in [2.05, 4.69) is 9.97 Å². The van der Waals surface area contributed by atoms with Gasteiger partial charge in [0.1, 0.15) is 28.8 Å². The number of rotatable bonds is 1. The molecule has 0 atom stereocenters. The fraction of sp³-hybridized carbons (Fsp3) is 0. The molecule has 0 bridgehead atoms. The second-order valence-electron chi connectivity index (χ2n) is 4.22. The van der Waals surface area contributed by atoms with E-state index < -0.39 is 23.0 Å². The van der Waals surface area contributed by atoms with Crippen molar-refractivity contribution in [1.82, 2.24) is 9.97 Å². The molecule has 0 amide bonds. The fourth-order valence-electron chi connectivity index (χ4n) is 1.99. The number of H-pyrrole nitrogens is 1. The van der Waals surface area contributed by atoms with Crippen LogP contribution in [0.2, 0.25) is 5.02 Å². The third-order valence-corrected chi connectivity index (χ3v) is 3.04. The van der Waals surface area contributed by atoms with Crippen molar-refractivity contribution in [3.63, 3.8) is 0 Å². The molecule has 0 radical (unpaired) electrons. The van der Waals surface area contributed by atoms with Crippen molar-refractivity contribution < 1.29 is 13.2 Å². The van der Waals surface area contributed by atoms with E-state index in [0.29, 0.717) is 28.2 Å². The Hall–Kier alpha value is -2.21. The molecule has 3 rings (SSSR count). The van der Waals surface area contributed by atoms with Crippen LogP contribution in [-0.2, 0) is 0 Å². The third-order valence-electron chi connectivity index (χ3n) is 2.82. The molecule has 3 aromatic rings. The highest BCUT2D eigenvalue weighted by Gasteiger charge is 2.18. The van der Waals surface area contributed by atoms with Crippen molar-refractivity contribution in [3.8, 4) is 11.4 Å². The quantitative estimate of drug-likeness (QED) is 0.670. The molecular formula is C13H7ClF3N3. The first-order valence-electron chi connectivity index (χ1n) is 5.55. The minimum atomic E-state index is -1.05.